The number of ether oxygens (including phenoxy) is 1. The van der Waals surface area contributed by atoms with E-state index in [2.05, 4.69) is 4.98 Å². The number of aromatic nitrogens is 1. The molecule has 0 fully saturated rings. The summed E-state index contributed by atoms with van der Waals surface area (Å²) in [5.74, 6) is -0.310. The lowest BCUT2D eigenvalue weighted by molar-refractivity contribution is 0.0603. The Morgan fingerprint density at radius 2 is 2.20 bits per heavy atom. The van der Waals surface area contributed by atoms with Gasteiger partial charge in [-0.2, -0.15) is 0 Å². The average Bonchev–Trinajstić information content (AvgIpc) is 2.26. The molecule has 3 heteroatoms. The highest BCUT2D eigenvalue weighted by molar-refractivity contribution is 6.04. The average molecular weight is 201 g/mol. The molecule has 0 bridgehead atoms. The van der Waals surface area contributed by atoms with E-state index < -0.39 is 0 Å². The van der Waals surface area contributed by atoms with Gasteiger partial charge in [-0.25, -0.2) is 4.79 Å². The van der Waals surface area contributed by atoms with Gasteiger partial charge in [0.2, 0.25) is 0 Å². The quantitative estimate of drug-likeness (QED) is 0.665. The number of benzene rings is 1. The van der Waals surface area contributed by atoms with Gasteiger partial charge in [-0.05, 0) is 36.1 Å². The number of aryl methyl sites for hydroxylation is 1. The minimum absolute atomic E-state index is 0.310. The second-order valence-corrected chi connectivity index (χ2v) is 3.40. The number of nitrogens with zero attached hydrogens (tertiary/aromatic N) is 1. The molecule has 0 N–H and O–H groups in total. The summed E-state index contributed by atoms with van der Waals surface area (Å²) in [4.78, 5) is 15.6. The van der Waals surface area contributed by atoms with Crippen molar-refractivity contribution in [1.82, 2.24) is 4.98 Å². The predicted octanol–water partition coefficient (Wildman–Crippen LogP) is 2.33. The second-order valence-electron chi connectivity index (χ2n) is 3.40. The van der Waals surface area contributed by atoms with E-state index in [-0.39, 0.29) is 5.97 Å². The maximum Gasteiger partial charge on any atom is 0.338 e. The van der Waals surface area contributed by atoms with E-state index in [0.29, 0.717) is 5.56 Å². The summed E-state index contributed by atoms with van der Waals surface area (Å²) in [7, 11) is 1.39. The summed E-state index contributed by atoms with van der Waals surface area (Å²) in [6, 6.07) is 5.64. The van der Waals surface area contributed by atoms with Gasteiger partial charge in [-0.1, -0.05) is 0 Å². The fourth-order valence-electron chi connectivity index (χ4n) is 1.64. The summed E-state index contributed by atoms with van der Waals surface area (Å²) in [6.07, 6.45) is 3.42. The monoisotopic (exact) mass is 201 g/mol. The molecule has 15 heavy (non-hydrogen) atoms. The van der Waals surface area contributed by atoms with E-state index in [1.807, 2.05) is 25.1 Å². The van der Waals surface area contributed by atoms with Crippen molar-refractivity contribution < 1.29 is 9.53 Å². The third kappa shape index (κ3) is 1.68. The first-order valence-corrected chi connectivity index (χ1v) is 4.65. The van der Waals surface area contributed by atoms with Crippen LogP contribution in [0.4, 0.5) is 0 Å². The van der Waals surface area contributed by atoms with E-state index in [1.54, 1.807) is 12.4 Å². The van der Waals surface area contributed by atoms with E-state index in [9.17, 15) is 4.79 Å². The first-order valence-electron chi connectivity index (χ1n) is 4.65. The lowest BCUT2D eigenvalue weighted by Gasteiger charge is -2.05. The molecule has 3 nitrogen and oxygen atoms in total. The smallest absolute Gasteiger partial charge is 0.338 e. The third-order valence-electron chi connectivity index (χ3n) is 2.30. The van der Waals surface area contributed by atoms with Crippen molar-refractivity contribution >= 4 is 16.7 Å². The predicted molar refractivity (Wildman–Crippen MR) is 57.8 cm³/mol. The molecular formula is C12H11NO2. The van der Waals surface area contributed by atoms with Gasteiger partial charge in [-0.3, -0.25) is 4.98 Å². The Balaban J connectivity index is 2.76. The zero-order valence-corrected chi connectivity index (χ0v) is 8.65. The minimum Gasteiger partial charge on any atom is -0.465 e. The van der Waals surface area contributed by atoms with Crippen LogP contribution in [0.15, 0.2) is 30.6 Å². The third-order valence-corrected chi connectivity index (χ3v) is 2.30. The van der Waals surface area contributed by atoms with E-state index in [0.717, 1.165) is 16.3 Å². The lowest BCUT2D eigenvalue weighted by Crippen LogP contribution is -2.02. The molecule has 0 spiro atoms. The molecular weight excluding hydrogens is 190 g/mol. The number of rotatable bonds is 1. The Kier molecular flexibility index (Phi) is 2.37. The highest BCUT2D eigenvalue weighted by Crippen LogP contribution is 2.20. The molecule has 76 valence electrons. The zero-order valence-electron chi connectivity index (χ0n) is 8.65. The van der Waals surface area contributed by atoms with E-state index in [4.69, 9.17) is 4.74 Å². The number of methoxy groups -OCH3 is 1. The Morgan fingerprint density at radius 1 is 1.40 bits per heavy atom. The standard InChI is InChI=1S/C12H11NO2/c1-8-5-9-7-13-4-3-10(9)11(6-8)12(14)15-2/h3-7H,1-2H3. The van der Waals surface area contributed by atoms with Crippen molar-refractivity contribution in [2.75, 3.05) is 7.11 Å². The first kappa shape index (κ1) is 9.65. The molecule has 0 amide bonds. The number of hydrogen-bond acceptors (Lipinski definition) is 3. The van der Waals surface area contributed by atoms with E-state index >= 15 is 0 Å². The number of carbonyl (C=O) groups is 1. The van der Waals surface area contributed by atoms with Crippen molar-refractivity contribution in [1.29, 1.82) is 0 Å². The summed E-state index contributed by atoms with van der Waals surface area (Å²) in [5.41, 5.74) is 1.62. The van der Waals surface area contributed by atoms with Crippen molar-refractivity contribution in [3.8, 4) is 0 Å². The van der Waals surface area contributed by atoms with Crippen LogP contribution in [0.1, 0.15) is 15.9 Å². The molecule has 2 rings (SSSR count). The van der Waals surface area contributed by atoms with Gasteiger partial charge in [-0.15, -0.1) is 0 Å². The molecule has 0 radical (unpaired) electrons. The molecule has 0 aliphatic rings. The van der Waals surface area contributed by atoms with Crippen LogP contribution < -0.4 is 0 Å². The molecule has 1 aromatic carbocycles. The van der Waals surface area contributed by atoms with Crippen LogP contribution in [0, 0.1) is 6.92 Å². The van der Waals surface area contributed by atoms with Crippen LogP contribution in [0.5, 0.6) is 0 Å². The van der Waals surface area contributed by atoms with Gasteiger partial charge in [0.05, 0.1) is 12.7 Å². The summed E-state index contributed by atoms with van der Waals surface area (Å²) in [6.45, 7) is 1.94. The lowest BCUT2D eigenvalue weighted by atomic mass is 10.0. The van der Waals surface area contributed by atoms with Crippen LogP contribution >= 0.6 is 0 Å². The molecule has 0 saturated heterocycles. The topological polar surface area (TPSA) is 39.2 Å². The van der Waals surface area contributed by atoms with Gasteiger partial charge in [0.15, 0.2) is 0 Å². The molecule has 1 aromatic heterocycles. The van der Waals surface area contributed by atoms with Crippen LogP contribution in [0.25, 0.3) is 10.8 Å². The number of esters is 1. The van der Waals surface area contributed by atoms with Crippen molar-refractivity contribution in [2.45, 2.75) is 6.92 Å². The molecule has 0 aliphatic carbocycles. The van der Waals surface area contributed by atoms with Gasteiger partial charge >= 0.3 is 5.97 Å². The highest BCUT2D eigenvalue weighted by atomic mass is 16.5. The summed E-state index contributed by atoms with van der Waals surface area (Å²) < 4.78 is 4.74. The van der Waals surface area contributed by atoms with Gasteiger partial charge in [0.25, 0.3) is 0 Å². The maximum atomic E-state index is 11.5. The molecule has 0 aliphatic heterocycles. The van der Waals surface area contributed by atoms with Crippen LogP contribution in [-0.4, -0.2) is 18.1 Å². The van der Waals surface area contributed by atoms with Crippen LogP contribution in [-0.2, 0) is 4.74 Å². The summed E-state index contributed by atoms with van der Waals surface area (Å²) in [5, 5.41) is 1.83. The first-order chi connectivity index (χ1) is 7.22. The fraction of sp³-hybridized carbons (Fsp3) is 0.167. The Labute approximate surface area is 87.7 Å². The minimum atomic E-state index is -0.310. The molecule has 0 saturated carbocycles. The Hall–Kier alpha value is -1.90. The second kappa shape index (κ2) is 3.69. The number of hydrogen-bond donors (Lipinski definition) is 0. The van der Waals surface area contributed by atoms with Gasteiger partial charge in [0.1, 0.15) is 0 Å². The molecule has 1 heterocycles. The maximum absolute atomic E-state index is 11.5. The number of pyridine rings is 1. The zero-order chi connectivity index (χ0) is 10.8. The van der Waals surface area contributed by atoms with Crippen LogP contribution in [0.3, 0.4) is 0 Å². The Bertz CT molecular complexity index is 520. The highest BCUT2D eigenvalue weighted by Gasteiger charge is 2.10. The SMILES string of the molecule is COC(=O)c1cc(C)cc2cnccc12. The summed E-state index contributed by atoms with van der Waals surface area (Å²) >= 11 is 0. The van der Waals surface area contributed by atoms with E-state index in [1.165, 1.54) is 7.11 Å². The normalized spacial score (nSPS) is 10.3. The van der Waals surface area contributed by atoms with Crippen molar-refractivity contribution in [3.63, 3.8) is 0 Å². The van der Waals surface area contributed by atoms with Crippen molar-refractivity contribution in [3.05, 3.63) is 41.7 Å². The molecule has 0 unspecified atom stereocenters. The Morgan fingerprint density at radius 3 is 2.93 bits per heavy atom. The number of fused-ring (bicyclic) bond motifs is 1. The number of carbonyl (C=O) groups excluding carboxylic acids is 1. The fourth-order valence-corrected chi connectivity index (χ4v) is 1.64. The molecule has 2 aromatic rings. The largest absolute Gasteiger partial charge is 0.465 e. The van der Waals surface area contributed by atoms with Crippen LogP contribution in [0.2, 0.25) is 0 Å². The van der Waals surface area contributed by atoms with Crippen molar-refractivity contribution in [2.24, 2.45) is 0 Å². The van der Waals surface area contributed by atoms with Gasteiger partial charge < -0.3 is 4.74 Å². The van der Waals surface area contributed by atoms with Gasteiger partial charge in [0, 0.05) is 17.8 Å². The molecule has 0 atom stereocenters.